The van der Waals surface area contributed by atoms with Crippen LogP contribution >= 0.6 is 0 Å². The fraction of sp³-hybridized carbons (Fsp3) is 0.500. The summed E-state index contributed by atoms with van der Waals surface area (Å²) in [6, 6.07) is 6.12. The second-order valence-electron chi connectivity index (χ2n) is 4.88. The van der Waals surface area contributed by atoms with E-state index in [-0.39, 0.29) is 18.4 Å². The van der Waals surface area contributed by atoms with Crippen molar-refractivity contribution >= 4 is 5.97 Å². The van der Waals surface area contributed by atoms with E-state index in [1.165, 1.54) is 12.1 Å². The maximum Gasteiger partial charge on any atom is 0.335 e. The largest absolute Gasteiger partial charge is 0.492 e. The standard InChI is InChI=1S/C14H17F2NO3/c15-14(16)5-7-17(8-6-14)9-10-20-12-3-1-11(2-4-12)13(18)19/h1-4H,5-10H2,(H,18,19). The van der Waals surface area contributed by atoms with Crippen molar-refractivity contribution in [3.8, 4) is 5.75 Å². The second kappa shape index (κ2) is 6.17. The molecule has 1 aromatic rings. The van der Waals surface area contributed by atoms with E-state index in [1.54, 1.807) is 12.1 Å². The zero-order valence-electron chi connectivity index (χ0n) is 11.0. The van der Waals surface area contributed by atoms with E-state index in [0.29, 0.717) is 32.0 Å². The summed E-state index contributed by atoms with van der Waals surface area (Å²) in [4.78, 5) is 12.6. The van der Waals surface area contributed by atoms with Gasteiger partial charge in [0.2, 0.25) is 0 Å². The summed E-state index contributed by atoms with van der Waals surface area (Å²) < 4.78 is 31.4. The number of ether oxygens (including phenoxy) is 1. The molecule has 6 heteroatoms. The van der Waals surface area contributed by atoms with Crippen molar-refractivity contribution in [3.63, 3.8) is 0 Å². The van der Waals surface area contributed by atoms with Crippen LogP contribution < -0.4 is 4.74 Å². The number of aromatic carboxylic acids is 1. The Morgan fingerprint density at radius 3 is 2.40 bits per heavy atom. The first-order valence-electron chi connectivity index (χ1n) is 6.53. The Morgan fingerprint density at radius 2 is 1.85 bits per heavy atom. The highest BCUT2D eigenvalue weighted by Gasteiger charge is 2.33. The van der Waals surface area contributed by atoms with E-state index in [9.17, 15) is 13.6 Å². The molecule has 1 aliphatic heterocycles. The topological polar surface area (TPSA) is 49.8 Å². The second-order valence-corrected chi connectivity index (χ2v) is 4.88. The third-order valence-electron chi connectivity index (χ3n) is 3.37. The van der Waals surface area contributed by atoms with Crippen molar-refractivity contribution in [1.29, 1.82) is 0 Å². The predicted molar refractivity (Wildman–Crippen MR) is 69.5 cm³/mol. The maximum absolute atomic E-state index is 13.0. The third kappa shape index (κ3) is 4.16. The summed E-state index contributed by atoms with van der Waals surface area (Å²) in [7, 11) is 0. The summed E-state index contributed by atoms with van der Waals surface area (Å²) in [5.74, 6) is -2.92. The molecular formula is C14H17F2NO3. The van der Waals surface area contributed by atoms with E-state index < -0.39 is 11.9 Å². The number of hydrogen-bond donors (Lipinski definition) is 1. The Hall–Kier alpha value is -1.69. The highest BCUT2D eigenvalue weighted by Crippen LogP contribution is 2.27. The lowest BCUT2D eigenvalue weighted by atomic mass is 10.1. The number of carboxylic acids is 1. The Bertz CT molecular complexity index is 452. The number of carboxylic acid groups (broad SMARTS) is 1. The van der Waals surface area contributed by atoms with Gasteiger partial charge in [-0.1, -0.05) is 0 Å². The zero-order valence-corrected chi connectivity index (χ0v) is 11.0. The quantitative estimate of drug-likeness (QED) is 0.903. The van der Waals surface area contributed by atoms with Crippen LogP contribution in [-0.4, -0.2) is 48.1 Å². The average molecular weight is 285 g/mol. The number of benzene rings is 1. The Kier molecular flexibility index (Phi) is 4.54. The van der Waals surface area contributed by atoms with Gasteiger partial charge in [-0.25, -0.2) is 13.6 Å². The minimum atomic E-state index is -2.52. The molecule has 0 spiro atoms. The van der Waals surface area contributed by atoms with Crippen LogP contribution in [-0.2, 0) is 0 Å². The van der Waals surface area contributed by atoms with Crippen LogP contribution in [0.15, 0.2) is 24.3 Å². The fourth-order valence-electron chi connectivity index (χ4n) is 2.09. The molecule has 1 aliphatic rings. The number of alkyl halides is 2. The van der Waals surface area contributed by atoms with Crippen molar-refractivity contribution in [1.82, 2.24) is 4.90 Å². The third-order valence-corrected chi connectivity index (χ3v) is 3.37. The molecule has 0 unspecified atom stereocenters. The van der Waals surface area contributed by atoms with Crippen LogP contribution in [0, 0.1) is 0 Å². The molecule has 0 bridgehead atoms. The summed E-state index contributed by atoms with van der Waals surface area (Å²) in [6.45, 7) is 1.76. The summed E-state index contributed by atoms with van der Waals surface area (Å²) in [5, 5.41) is 8.76. The molecule has 1 saturated heterocycles. The molecule has 1 heterocycles. The Labute approximate surface area is 116 Å². The first-order chi connectivity index (χ1) is 9.46. The van der Waals surface area contributed by atoms with Gasteiger partial charge < -0.3 is 9.84 Å². The number of halogens is 2. The van der Waals surface area contributed by atoms with Crippen molar-refractivity contribution in [2.45, 2.75) is 18.8 Å². The van der Waals surface area contributed by atoms with Crippen LogP contribution in [0.25, 0.3) is 0 Å². The van der Waals surface area contributed by atoms with E-state index in [1.807, 2.05) is 4.90 Å². The molecule has 1 aromatic carbocycles. The molecule has 0 radical (unpaired) electrons. The van der Waals surface area contributed by atoms with Crippen molar-refractivity contribution in [3.05, 3.63) is 29.8 Å². The Balaban J connectivity index is 1.72. The van der Waals surface area contributed by atoms with Gasteiger partial charge in [0.25, 0.3) is 5.92 Å². The van der Waals surface area contributed by atoms with Gasteiger partial charge in [-0.15, -0.1) is 0 Å². The highest BCUT2D eigenvalue weighted by molar-refractivity contribution is 5.87. The lowest BCUT2D eigenvalue weighted by molar-refractivity contribution is -0.0564. The van der Waals surface area contributed by atoms with Crippen LogP contribution in [0.4, 0.5) is 8.78 Å². The number of likely N-dealkylation sites (tertiary alicyclic amines) is 1. The summed E-state index contributed by atoms with van der Waals surface area (Å²) in [6.07, 6.45) is -0.194. The van der Waals surface area contributed by atoms with Gasteiger partial charge in [0, 0.05) is 32.5 Å². The molecule has 2 rings (SSSR count). The smallest absolute Gasteiger partial charge is 0.335 e. The van der Waals surface area contributed by atoms with E-state index in [4.69, 9.17) is 9.84 Å². The highest BCUT2D eigenvalue weighted by atomic mass is 19.3. The van der Waals surface area contributed by atoms with Crippen molar-refractivity contribution in [2.24, 2.45) is 0 Å². The SMILES string of the molecule is O=C(O)c1ccc(OCCN2CCC(F)(F)CC2)cc1. The lowest BCUT2D eigenvalue weighted by Crippen LogP contribution is -2.41. The number of hydrogen-bond acceptors (Lipinski definition) is 3. The molecule has 0 amide bonds. The van der Waals surface area contributed by atoms with Gasteiger partial charge in [-0.05, 0) is 24.3 Å². The van der Waals surface area contributed by atoms with Crippen LogP contribution in [0.3, 0.4) is 0 Å². The van der Waals surface area contributed by atoms with Crippen molar-refractivity contribution < 1.29 is 23.4 Å². The molecule has 0 atom stereocenters. The molecule has 4 nitrogen and oxygen atoms in total. The molecule has 0 saturated carbocycles. The zero-order chi connectivity index (χ0) is 14.6. The van der Waals surface area contributed by atoms with Gasteiger partial charge in [0.05, 0.1) is 5.56 Å². The van der Waals surface area contributed by atoms with Gasteiger partial charge in [-0.3, -0.25) is 4.90 Å². The minimum Gasteiger partial charge on any atom is -0.492 e. The summed E-state index contributed by atoms with van der Waals surface area (Å²) >= 11 is 0. The van der Waals surface area contributed by atoms with Crippen molar-refractivity contribution in [2.75, 3.05) is 26.2 Å². The van der Waals surface area contributed by atoms with Gasteiger partial charge in [0.15, 0.2) is 0 Å². The maximum atomic E-state index is 13.0. The minimum absolute atomic E-state index is 0.0969. The van der Waals surface area contributed by atoms with E-state index in [0.717, 1.165) is 0 Å². The average Bonchev–Trinajstić information content (AvgIpc) is 2.41. The normalized spacial score (nSPS) is 18.7. The first kappa shape index (κ1) is 14.7. The van der Waals surface area contributed by atoms with Crippen LogP contribution in [0.5, 0.6) is 5.75 Å². The molecule has 1 fully saturated rings. The number of nitrogens with zero attached hydrogens (tertiary/aromatic N) is 1. The predicted octanol–water partition coefficient (Wildman–Crippen LogP) is 2.49. The van der Waals surface area contributed by atoms with Gasteiger partial charge in [0.1, 0.15) is 12.4 Å². The van der Waals surface area contributed by atoms with Gasteiger partial charge >= 0.3 is 5.97 Å². The number of rotatable bonds is 5. The lowest BCUT2D eigenvalue weighted by Gasteiger charge is -2.31. The van der Waals surface area contributed by atoms with Crippen LogP contribution in [0.1, 0.15) is 23.2 Å². The van der Waals surface area contributed by atoms with Gasteiger partial charge in [-0.2, -0.15) is 0 Å². The molecule has 20 heavy (non-hydrogen) atoms. The molecule has 0 aliphatic carbocycles. The number of carbonyl (C=O) groups is 1. The fourth-order valence-corrected chi connectivity index (χ4v) is 2.09. The molecule has 110 valence electrons. The van der Waals surface area contributed by atoms with E-state index >= 15 is 0 Å². The summed E-state index contributed by atoms with van der Waals surface area (Å²) in [5.41, 5.74) is 0.204. The monoisotopic (exact) mass is 285 g/mol. The molecular weight excluding hydrogens is 268 g/mol. The first-order valence-corrected chi connectivity index (χ1v) is 6.53. The van der Waals surface area contributed by atoms with E-state index in [2.05, 4.69) is 0 Å². The Morgan fingerprint density at radius 1 is 1.25 bits per heavy atom. The van der Waals surface area contributed by atoms with Crippen LogP contribution in [0.2, 0.25) is 0 Å². The molecule has 1 N–H and O–H groups in total. The molecule has 0 aromatic heterocycles. The number of piperidine rings is 1.